The molecule has 1 unspecified atom stereocenters. The van der Waals surface area contributed by atoms with Gasteiger partial charge in [-0.15, -0.1) is 0 Å². The van der Waals surface area contributed by atoms with E-state index in [-0.39, 0.29) is 5.92 Å². The molecule has 2 heterocycles. The lowest BCUT2D eigenvalue weighted by Gasteiger charge is -2.15. The number of hydrogen-bond donors (Lipinski definition) is 1. The molecule has 1 aliphatic rings. The summed E-state index contributed by atoms with van der Waals surface area (Å²) in [6, 6.07) is 0. The highest BCUT2D eigenvalue weighted by atomic mass is 16.6. The maximum Gasteiger partial charge on any atom is 0.363 e. The van der Waals surface area contributed by atoms with Gasteiger partial charge in [-0.25, -0.2) is 9.36 Å². The smallest absolute Gasteiger partial charge is 0.363 e. The number of carboxylic acids is 1. The monoisotopic (exact) mass is 225 g/mol. The molecule has 7 heteroatoms. The Balaban J connectivity index is 2.64. The minimum atomic E-state index is -1.35. The number of carbonyl (C=O) groups is 1. The predicted octanol–water partition coefficient (Wildman–Crippen LogP) is 1.39. The first-order chi connectivity index (χ1) is 7.52. The summed E-state index contributed by atoms with van der Waals surface area (Å²) in [5, 5.41) is 19.7. The van der Waals surface area contributed by atoms with E-state index < -0.39 is 22.4 Å². The normalized spacial score (nSPS) is 19.2. The van der Waals surface area contributed by atoms with Gasteiger partial charge in [0, 0.05) is 5.92 Å². The van der Waals surface area contributed by atoms with Crippen molar-refractivity contribution < 1.29 is 14.8 Å². The van der Waals surface area contributed by atoms with Crippen LogP contribution in [0.25, 0.3) is 0 Å². The summed E-state index contributed by atoms with van der Waals surface area (Å²) in [6.45, 7) is 2.36. The van der Waals surface area contributed by atoms with Gasteiger partial charge in [0.1, 0.15) is 0 Å². The third-order valence-corrected chi connectivity index (χ3v) is 2.81. The summed E-state index contributed by atoms with van der Waals surface area (Å²) >= 11 is 0. The number of hydrogen-bond acceptors (Lipinski definition) is 4. The summed E-state index contributed by atoms with van der Waals surface area (Å²) < 4.78 is 1.41. The van der Waals surface area contributed by atoms with Crippen LogP contribution in [0.1, 0.15) is 42.0 Å². The minimum absolute atomic E-state index is 0.0700. The highest BCUT2D eigenvalue weighted by Gasteiger charge is 2.35. The van der Waals surface area contributed by atoms with E-state index in [1.807, 2.05) is 6.92 Å². The molecule has 2 rings (SSSR count). The Morgan fingerprint density at radius 1 is 1.69 bits per heavy atom. The topological polar surface area (TPSA) is 98.3 Å². The van der Waals surface area contributed by atoms with E-state index >= 15 is 0 Å². The van der Waals surface area contributed by atoms with Gasteiger partial charge in [0.25, 0.3) is 0 Å². The van der Waals surface area contributed by atoms with Crippen LogP contribution in [-0.2, 0) is 6.54 Å². The molecule has 1 aromatic rings. The van der Waals surface area contributed by atoms with Crippen LogP contribution < -0.4 is 0 Å². The van der Waals surface area contributed by atoms with Gasteiger partial charge in [0.15, 0.2) is 5.82 Å². The first-order valence-electron chi connectivity index (χ1n) is 5.00. The van der Waals surface area contributed by atoms with Crippen molar-refractivity contribution in [2.75, 3.05) is 0 Å². The van der Waals surface area contributed by atoms with Crippen LogP contribution in [0.3, 0.4) is 0 Å². The number of aromatic carboxylic acids is 1. The minimum Gasteiger partial charge on any atom is -0.476 e. The molecule has 0 bridgehead atoms. The molecule has 0 fully saturated rings. The molecule has 0 aromatic carbocycles. The number of nitro groups is 1. The van der Waals surface area contributed by atoms with Crippen LogP contribution in [0.2, 0.25) is 0 Å². The fourth-order valence-electron chi connectivity index (χ4n) is 2.07. The summed E-state index contributed by atoms with van der Waals surface area (Å²) in [4.78, 5) is 24.9. The van der Waals surface area contributed by atoms with Crippen molar-refractivity contribution in [3.63, 3.8) is 0 Å². The molecule has 86 valence electrons. The molecule has 0 spiro atoms. The third kappa shape index (κ3) is 1.44. The van der Waals surface area contributed by atoms with Crippen molar-refractivity contribution in [3.05, 3.63) is 21.6 Å². The summed E-state index contributed by atoms with van der Waals surface area (Å²) in [5.41, 5.74) is -0.450. The van der Waals surface area contributed by atoms with Gasteiger partial charge in [-0.1, -0.05) is 6.92 Å². The number of imidazole rings is 1. The Morgan fingerprint density at radius 3 is 2.94 bits per heavy atom. The highest BCUT2D eigenvalue weighted by Crippen LogP contribution is 2.32. The Bertz CT molecular complexity index is 466. The van der Waals surface area contributed by atoms with Crippen molar-refractivity contribution >= 4 is 11.8 Å². The molecule has 1 aromatic heterocycles. The lowest BCUT2D eigenvalue weighted by molar-refractivity contribution is -0.392. The van der Waals surface area contributed by atoms with Crippen LogP contribution in [-0.4, -0.2) is 25.6 Å². The Kier molecular flexibility index (Phi) is 2.37. The van der Waals surface area contributed by atoms with E-state index in [0.29, 0.717) is 12.4 Å². The third-order valence-electron chi connectivity index (χ3n) is 2.81. The SMILES string of the molecule is CC1CCCn2c1nc(C(=O)O)c2[N+](=O)[O-]. The fourth-order valence-corrected chi connectivity index (χ4v) is 2.07. The van der Waals surface area contributed by atoms with E-state index in [4.69, 9.17) is 5.11 Å². The lowest BCUT2D eigenvalue weighted by Crippen LogP contribution is -2.15. The van der Waals surface area contributed by atoms with E-state index in [9.17, 15) is 14.9 Å². The average molecular weight is 225 g/mol. The zero-order chi connectivity index (χ0) is 11.9. The van der Waals surface area contributed by atoms with E-state index in [2.05, 4.69) is 4.98 Å². The fraction of sp³-hybridized carbons (Fsp3) is 0.556. The van der Waals surface area contributed by atoms with Crippen molar-refractivity contribution in [3.8, 4) is 0 Å². The zero-order valence-electron chi connectivity index (χ0n) is 8.71. The van der Waals surface area contributed by atoms with Gasteiger partial charge in [0.2, 0.25) is 5.69 Å². The molecule has 0 saturated heterocycles. The second-order valence-corrected chi connectivity index (χ2v) is 3.90. The van der Waals surface area contributed by atoms with Crippen LogP contribution in [0.4, 0.5) is 5.82 Å². The molecule has 16 heavy (non-hydrogen) atoms. The second kappa shape index (κ2) is 3.58. The molecule has 1 N–H and O–H groups in total. The van der Waals surface area contributed by atoms with Gasteiger partial charge in [-0.05, 0) is 17.8 Å². The van der Waals surface area contributed by atoms with Crippen molar-refractivity contribution in [2.24, 2.45) is 0 Å². The molecule has 1 atom stereocenters. The maximum atomic E-state index is 10.9. The number of rotatable bonds is 2. The van der Waals surface area contributed by atoms with Gasteiger partial charge in [0.05, 0.1) is 6.54 Å². The molecule has 7 nitrogen and oxygen atoms in total. The largest absolute Gasteiger partial charge is 0.476 e. The quantitative estimate of drug-likeness (QED) is 0.605. The Hall–Kier alpha value is -1.92. The molecule has 0 aliphatic carbocycles. The summed E-state index contributed by atoms with van der Waals surface area (Å²) in [7, 11) is 0. The van der Waals surface area contributed by atoms with E-state index in [1.165, 1.54) is 4.57 Å². The first-order valence-corrected chi connectivity index (χ1v) is 5.00. The van der Waals surface area contributed by atoms with Gasteiger partial charge < -0.3 is 15.2 Å². The van der Waals surface area contributed by atoms with Crippen molar-refractivity contribution in [1.29, 1.82) is 0 Å². The summed E-state index contributed by atoms with van der Waals surface area (Å²) in [5.74, 6) is -1.16. The number of fused-ring (bicyclic) bond motifs is 1. The Labute approximate surface area is 90.9 Å². The average Bonchev–Trinajstić information content (AvgIpc) is 2.58. The number of aromatic nitrogens is 2. The second-order valence-electron chi connectivity index (χ2n) is 3.90. The molecular weight excluding hydrogens is 214 g/mol. The standard InChI is InChI=1S/C9H11N3O4/c1-5-3-2-4-11-7(5)10-6(9(13)14)8(11)12(15)16/h5H,2-4H2,1H3,(H,13,14). The van der Waals surface area contributed by atoms with Crippen molar-refractivity contribution in [1.82, 2.24) is 9.55 Å². The van der Waals surface area contributed by atoms with Crippen LogP contribution in [0.15, 0.2) is 0 Å². The van der Waals surface area contributed by atoms with E-state index in [0.717, 1.165) is 12.8 Å². The summed E-state index contributed by atoms with van der Waals surface area (Å²) in [6.07, 6.45) is 1.69. The molecule has 1 aliphatic heterocycles. The first kappa shape index (κ1) is 10.6. The molecule has 0 radical (unpaired) electrons. The van der Waals surface area contributed by atoms with Gasteiger partial charge >= 0.3 is 11.8 Å². The van der Waals surface area contributed by atoms with Crippen LogP contribution >= 0.6 is 0 Å². The molecule has 0 saturated carbocycles. The molecule has 0 amide bonds. The number of nitrogens with zero attached hydrogens (tertiary/aromatic N) is 3. The lowest BCUT2D eigenvalue weighted by atomic mass is 10.0. The number of carboxylic acid groups (broad SMARTS) is 1. The van der Waals surface area contributed by atoms with Gasteiger partial charge in [-0.2, -0.15) is 4.98 Å². The van der Waals surface area contributed by atoms with Crippen molar-refractivity contribution in [2.45, 2.75) is 32.2 Å². The highest BCUT2D eigenvalue weighted by molar-refractivity contribution is 5.89. The molecular formula is C9H11N3O4. The van der Waals surface area contributed by atoms with Crippen LogP contribution in [0.5, 0.6) is 0 Å². The zero-order valence-corrected chi connectivity index (χ0v) is 8.71. The van der Waals surface area contributed by atoms with E-state index in [1.54, 1.807) is 0 Å². The predicted molar refractivity (Wildman–Crippen MR) is 53.5 cm³/mol. The van der Waals surface area contributed by atoms with Gasteiger partial charge in [-0.3, -0.25) is 0 Å². The maximum absolute atomic E-state index is 10.9. The van der Waals surface area contributed by atoms with Crippen LogP contribution in [0, 0.1) is 10.1 Å². The Morgan fingerprint density at radius 2 is 2.38 bits per heavy atom.